The van der Waals surface area contributed by atoms with E-state index in [9.17, 15) is 17.8 Å². The molecule has 1 aromatic rings. The van der Waals surface area contributed by atoms with Crippen molar-refractivity contribution in [2.75, 3.05) is 7.11 Å². The summed E-state index contributed by atoms with van der Waals surface area (Å²) in [5.41, 5.74) is 0.283. The van der Waals surface area contributed by atoms with Crippen LogP contribution in [0.5, 0.6) is 5.75 Å². The Balaban J connectivity index is 0.00000400. The van der Waals surface area contributed by atoms with Crippen LogP contribution in [0.25, 0.3) is 6.08 Å². The Morgan fingerprint density at radius 3 is 2.14 bits per heavy atom. The second kappa shape index (κ2) is 8.51. The molecule has 0 saturated carbocycles. The average molecular weight is 454 g/mol. The zero-order chi connectivity index (χ0) is 15.5. The summed E-state index contributed by atoms with van der Waals surface area (Å²) in [6.45, 7) is 0. The average Bonchev–Trinajstić information content (AvgIpc) is 2.25. The Morgan fingerprint density at radius 2 is 1.81 bits per heavy atom. The standard InChI is InChI=1S/C10H8Br2O7S.Na/c1-18-9-6(11)2-5(3-7(9)12)4-8(10(13)14)19-20(15,16)17;/h2-4H,1H3,(H,13,14)(H,15,16,17);/q;+1/p-1/b8-4-;. The van der Waals surface area contributed by atoms with Gasteiger partial charge >= 0.3 is 35.5 Å². The van der Waals surface area contributed by atoms with Crippen molar-refractivity contribution in [3.63, 3.8) is 0 Å². The van der Waals surface area contributed by atoms with Crippen molar-refractivity contribution >= 4 is 54.3 Å². The van der Waals surface area contributed by atoms with Gasteiger partial charge < -0.3 is 18.6 Å². The second-order valence-corrected chi connectivity index (χ2v) is 6.01. The molecule has 0 unspecified atom stereocenters. The van der Waals surface area contributed by atoms with Gasteiger partial charge in [-0.1, -0.05) is 0 Å². The summed E-state index contributed by atoms with van der Waals surface area (Å²) in [7, 11) is -3.73. The third-order valence-corrected chi connectivity index (χ3v) is 3.49. The van der Waals surface area contributed by atoms with Crippen LogP contribution in [0, 0.1) is 0 Å². The zero-order valence-corrected chi connectivity index (χ0v) is 16.8. The molecule has 0 saturated heterocycles. The normalized spacial score (nSPS) is 11.5. The van der Waals surface area contributed by atoms with Crippen LogP contribution in [-0.4, -0.2) is 31.2 Å². The third-order valence-electron chi connectivity index (χ3n) is 1.93. The molecule has 11 heteroatoms. The van der Waals surface area contributed by atoms with Crippen molar-refractivity contribution in [1.29, 1.82) is 0 Å². The van der Waals surface area contributed by atoms with Crippen molar-refractivity contribution in [3.8, 4) is 5.75 Å². The summed E-state index contributed by atoms with van der Waals surface area (Å²) < 4.78 is 41.3. The van der Waals surface area contributed by atoms with Gasteiger partial charge in [-0.05, 0) is 55.6 Å². The molecule has 0 bridgehead atoms. The van der Waals surface area contributed by atoms with Gasteiger partial charge in [0.2, 0.25) is 5.76 Å². The molecule has 0 aliphatic heterocycles. The molecule has 0 amide bonds. The molecule has 7 nitrogen and oxygen atoms in total. The van der Waals surface area contributed by atoms with Crippen LogP contribution in [0.1, 0.15) is 5.56 Å². The van der Waals surface area contributed by atoms with Crippen LogP contribution < -0.4 is 34.3 Å². The number of hydrogen-bond acceptors (Lipinski definition) is 6. The van der Waals surface area contributed by atoms with E-state index in [2.05, 4.69) is 36.0 Å². The number of carboxylic acids is 1. The molecule has 0 spiro atoms. The molecule has 1 N–H and O–H groups in total. The number of carbonyl (C=O) groups is 1. The molecule has 0 heterocycles. The smallest absolute Gasteiger partial charge is 0.716 e. The molecular weight excluding hydrogens is 447 g/mol. The number of hydrogen-bond donors (Lipinski definition) is 1. The Labute approximate surface area is 159 Å². The summed E-state index contributed by atoms with van der Waals surface area (Å²) in [5.74, 6) is -2.23. The van der Waals surface area contributed by atoms with Gasteiger partial charge in [0, 0.05) is 0 Å². The second-order valence-electron chi connectivity index (χ2n) is 3.32. The molecule has 0 aromatic heterocycles. The van der Waals surface area contributed by atoms with Crippen LogP contribution in [0.3, 0.4) is 0 Å². The minimum atomic E-state index is -5.17. The Kier molecular flexibility index (Phi) is 8.47. The van der Waals surface area contributed by atoms with E-state index < -0.39 is 22.1 Å². The molecule has 0 radical (unpaired) electrons. The van der Waals surface area contributed by atoms with Gasteiger partial charge in [-0.15, -0.1) is 0 Å². The van der Waals surface area contributed by atoms with Crippen molar-refractivity contribution in [2.24, 2.45) is 0 Å². The van der Waals surface area contributed by atoms with Gasteiger partial charge in [-0.3, -0.25) is 0 Å². The van der Waals surface area contributed by atoms with E-state index in [1.165, 1.54) is 19.2 Å². The number of halogens is 2. The van der Waals surface area contributed by atoms with Crippen molar-refractivity contribution in [2.45, 2.75) is 0 Å². The Hall–Kier alpha value is -0.100. The summed E-state index contributed by atoms with van der Waals surface area (Å²) in [6.07, 6.45) is 0.896. The minimum Gasteiger partial charge on any atom is -0.716 e. The molecule has 0 fully saturated rings. The first kappa shape index (κ1) is 20.9. The maximum absolute atomic E-state index is 10.8. The fourth-order valence-electron chi connectivity index (χ4n) is 1.24. The summed E-state index contributed by atoms with van der Waals surface area (Å²) in [5, 5.41) is 8.79. The number of carboxylic acid groups (broad SMARTS) is 1. The molecule has 0 aliphatic rings. The molecular formula is C10H7Br2NaO7S. The number of methoxy groups -OCH3 is 1. The number of benzene rings is 1. The SMILES string of the molecule is COc1c(Br)cc(/C=C(\OS(=O)(=O)[O-])C(=O)O)cc1Br.[Na+]. The fraction of sp³-hybridized carbons (Fsp3) is 0.100. The minimum absolute atomic E-state index is 0. The van der Waals surface area contributed by atoms with Gasteiger partial charge in [-0.25, -0.2) is 13.2 Å². The van der Waals surface area contributed by atoms with E-state index in [1.54, 1.807) is 0 Å². The summed E-state index contributed by atoms with van der Waals surface area (Å²) in [6, 6.07) is 2.93. The van der Waals surface area contributed by atoms with Gasteiger partial charge in [0.25, 0.3) is 10.4 Å². The molecule has 0 aliphatic carbocycles. The first-order valence-electron chi connectivity index (χ1n) is 4.77. The van der Waals surface area contributed by atoms with Gasteiger partial charge in [0.05, 0.1) is 16.1 Å². The first-order valence-corrected chi connectivity index (χ1v) is 7.69. The van der Waals surface area contributed by atoms with Crippen LogP contribution in [0.15, 0.2) is 26.8 Å². The van der Waals surface area contributed by atoms with Crippen LogP contribution in [-0.2, 0) is 19.4 Å². The van der Waals surface area contributed by atoms with Crippen LogP contribution in [0.4, 0.5) is 0 Å². The largest absolute Gasteiger partial charge is 1.00 e. The van der Waals surface area contributed by atoms with Crippen LogP contribution in [0.2, 0.25) is 0 Å². The maximum atomic E-state index is 10.8. The van der Waals surface area contributed by atoms with E-state index in [0.29, 0.717) is 14.7 Å². The van der Waals surface area contributed by atoms with E-state index in [-0.39, 0.29) is 35.1 Å². The quantitative estimate of drug-likeness (QED) is 0.202. The Bertz CT molecular complexity index is 649. The van der Waals surface area contributed by atoms with Crippen LogP contribution >= 0.6 is 31.9 Å². The number of rotatable bonds is 5. The fourth-order valence-corrected chi connectivity index (χ4v) is 3.13. The van der Waals surface area contributed by atoms with Gasteiger partial charge in [-0.2, -0.15) is 0 Å². The van der Waals surface area contributed by atoms with Crippen molar-refractivity contribution < 1.29 is 61.3 Å². The van der Waals surface area contributed by atoms with E-state index >= 15 is 0 Å². The predicted octanol–water partition coefficient (Wildman–Crippen LogP) is -0.873. The third kappa shape index (κ3) is 6.68. The molecule has 1 aromatic carbocycles. The molecule has 110 valence electrons. The first-order chi connectivity index (χ1) is 9.14. The van der Waals surface area contributed by atoms with Gasteiger partial charge in [0.15, 0.2) is 0 Å². The summed E-state index contributed by atoms with van der Waals surface area (Å²) >= 11 is 6.39. The van der Waals surface area contributed by atoms with Crippen molar-refractivity contribution in [3.05, 3.63) is 32.4 Å². The van der Waals surface area contributed by atoms with E-state index in [1.807, 2.05) is 0 Å². The number of aliphatic carboxylic acids is 1. The molecule has 21 heavy (non-hydrogen) atoms. The maximum Gasteiger partial charge on any atom is 1.00 e. The monoisotopic (exact) mass is 452 g/mol. The number of ether oxygens (including phenoxy) is 1. The van der Waals surface area contributed by atoms with Crippen molar-refractivity contribution in [1.82, 2.24) is 0 Å². The molecule has 0 atom stereocenters. The van der Waals surface area contributed by atoms with E-state index in [4.69, 9.17) is 9.84 Å². The molecule has 1 rings (SSSR count). The van der Waals surface area contributed by atoms with E-state index in [0.717, 1.165) is 6.08 Å². The predicted molar refractivity (Wildman–Crippen MR) is 74.8 cm³/mol. The summed E-state index contributed by atoms with van der Waals surface area (Å²) in [4.78, 5) is 10.8. The Morgan fingerprint density at radius 1 is 1.33 bits per heavy atom. The topological polar surface area (TPSA) is 113 Å². The van der Waals surface area contributed by atoms with Gasteiger partial charge in [0.1, 0.15) is 5.75 Å². The zero-order valence-electron chi connectivity index (χ0n) is 10.8.